The Morgan fingerprint density at radius 1 is 1.30 bits per heavy atom. The molecular weight excluding hydrogens is 340 g/mol. The number of carbonyl (C=O) groups is 1. The number of carbonyl (C=O) groups excluding carboxylic acids is 1. The van der Waals surface area contributed by atoms with Gasteiger partial charge >= 0.3 is 0 Å². The van der Waals surface area contributed by atoms with Crippen molar-refractivity contribution in [2.24, 2.45) is 11.8 Å². The van der Waals surface area contributed by atoms with Crippen molar-refractivity contribution in [2.45, 2.75) is 39.5 Å². The zero-order valence-electron chi connectivity index (χ0n) is 15.9. The fraction of sp³-hybridized carbons (Fsp3) is 0.476. The Bertz CT molecular complexity index is 927. The third-order valence-electron chi connectivity index (χ3n) is 5.21. The number of H-pyrrole nitrogens is 1. The minimum atomic E-state index is 0.188. The van der Waals surface area contributed by atoms with E-state index in [-0.39, 0.29) is 5.91 Å². The number of hydrogen-bond donors (Lipinski definition) is 1. The van der Waals surface area contributed by atoms with E-state index in [2.05, 4.69) is 35.1 Å². The van der Waals surface area contributed by atoms with Gasteiger partial charge in [0.2, 0.25) is 17.7 Å². The molecular formula is C21H26N4O2. The molecule has 1 aliphatic heterocycles. The van der Waals surface area contributed by atoms with Crippen LogP contribution in [0.2, 0.25) is 0 Å². The van der Waals surface area contributed by atoms with Crippen molar-refractivity contribution in [3.05, 3.63) is 47.8 Å². The summed E-state index contributed by atoms with van der Waals surface area (Å²) >= 11 is 0. The number of aromatic amines is 1. The summed E-state index contributed by atoms with van der Waals surface area (Å²) in [4.78, 5) is 18.0. The molecule has 0 saturated carbocycles. The van der Waals surface area contributed by atoms with Gasteiger partial charge in [0.1, 0.15) is 0 Å². The summed E-state index contributed by atoms with van der Waals surface area (Å²) in [5.74, 6) is 2.49. The molecule has 6 heteroatoms. The predicted molar refractivity (Wildman–Crippen MR) is 103 cm³/mol. The molecule has 6 nitrogen and oxygen atoms in total. The molecule has 2 aromatic heterocycles. The molecule has 1 N–H and O–H groups in total. The summed E-state index contributed by atoms with van der Waals surface area (Å²) in [5, 5.41) is 9.43. The van der Waals surface area contributed by atoms with Gasteiger partial charge in [-0.2, -0.15) is 0 Å². The van der Waals surface area contributed by atoms with Crippen LogP contribution < -0.4 is 0 Å². The number of likely N-dealkylation sites (tertiary alicyclic amines) is 1. The third-order valence-corrected chi connectivity index (χ3v) is 5.21. The normalized spacial score (nSPS) is 17.3. The van der Waals surface area contributed by atoms with Crippen LogP contribution in [-0.4, -0.2) is 39.1 Å². The lowest BCUT2D eigenvalue weighted by Crippen LogP contribution is -2.30. The van der Waals surface area contributed by atoms with E-state index >= 15 is 0 Å². The smallest absolute Gasteiger partial charge is 0.227 e. The highest BCUT2D eigenvalue weighted by Crippen LogP contribution is 2.23. The first-order chi connectivity index (χ1) is 13.1. The van der Waals surface area contributed by atoms with Crippen molar-refractivity contribution >= 4 is 16.8 Å². The second kappa shape index (κ2) is 7.55. The van der Waals surface area contributed by atoms with Crippen LogP contribution in [0, 0.1) is 11.8 Å². The lowest BCUT2D eigenvalue weighted by Gasteiger charge is -2.16. The highest BCUT2D eigenvalue weighted by Gasteiger charge is 2.28. The largest absolute Gasteiger partial charge is 0.425 e. The summed E-state index contributed by atoms with van der Waals surface area (Å²) < 4.78 is 5.76. The highest BCUT2D eigenvalue weighted by molar-refractivity contribution is 5.88. The molecule has 4 rings (SSSR count). The number of rotatable bonds is 6. The Morgan fingerprint density at radius 3 is 2.96 bits per heavy atom. The van der Waals surface area contributed by atoms with Gasteiger partial charge in [-0.15, -0.1) is 10.2 Å². The van der Waals surface area contributed by atoms with Crippen LogP contribution in [0.4, 0.5) is 0 Å². The Hall–Kier alpha value is -2.63. The van der Waals surface area contributed by atoms with Crippen LogP contribution in [-0.2, 0) is 24.1 Å². The van der Waals surface area contributed by atoms with E-state index in [4.69, 9.17) is 4.42 Å². The fourth-order valence-corrected chi connectivity index (χ4v) is 3.83. The van der Waals surface area contributed by atoms with Gasteiger partial charge in [-0.05, 0) is 29.9 Å². The van der Waals surface area contributed by atoms with Gasteiger partial charge in [0.25, 0.3) is 0 Å². The van der Waals surface area contributed by atoms with Crippen molar-refractivity contribution in [1.29, 1.82) is 0 Å². The monoisotopic (exact) mass is 366 g/mol. The van der Waals surface area contributed by atoms with Gasteiger partial charge < -0.3 is 14.3 Å². The predicted octanol–water partition coefficient (Wildman–Crippen LogP) is 3.38. The molecule has 3 aromatic rings. The average molecular weight is 366 g/mol. The van der Waals surface area contributed by atoms with E-state index in [1.807, 2.05) is 29.3 Å². The molecule has 0 spiro atoms. The van der Waals surface area contributed by atoms with Crippen LogP contribution in [0.5, 0.6) is 0 Å². The quantitative estimate of drug-likeness (QED) is 0.726. The first kappa shape index (κ1) is 17.8. The van der Waals surface area contributed by atoms with E-state index in [1.54, 1.807) is 0 Å². The van der Waals surface area contributed by atoms with Crippen molar-refractivity contribution in [1.82, 2.24) is 20.1 Å². The molecule has 1 saturated heterocycles. The first-order valence-electron chi connectivity index (χ1n) is 9.72. The number of amides is 1. The Morgan fingerprint density at radius 2 is 2.11 bits per heavy atom. The third kappa shape index (κ3) is 4.04. The standard InChI is InChI=1S/C21H26N4O2/c1-14(2)9-19-23-24-20(27-19)10-15-7-8-25(13-15)21(26)11-16-12-22-18-6-4-3-5-17(16)18/h3-6,12,14-15,22H,7-11,13H2,1-2H3. The van der Waals surface area contributed by atoms with Crippen molar-refractivity contribution in [2.75, 3.05) is 13.1 Å². The maximum absolute atomic E-state index is 12.7. The van der Waals surface area contributed by atoms with Gasteiger partial charge in [0.05, 0.1) is 6.42 Å². The molecule has 3 heterocycles. The van der Waals surface area contributed by atoms with Gasteiger partial charge in [0, 0.05) is 43.0 Å². The number of aromatic nitrogens is 3. The summed E-state index contributed by atoms with van der Waals surface area (Å²) in [5.41, 5.74) is 2.14. The number of fused-ring (bicyclic) bond motifs is 1. The van der Waals surface area contributed by atoms with E-state index < -0.39 is 0 Å². The highest BCUT2D eigenvalue weighted by atomic mass is 16.4. The molecule has 1 aromatic carbocycles. The topological polar surface area (TPSA) is 75.0 Å². The lowest BCUT2D eigenvalue weighted by atomic mass is 10.1. The summed E-state index contributed by atoms with van der Waals surface area (Å²) in [6, 6.07) is 8.10. The van der Waals surface area contributed by atoms with Crippen molar-refractivity contribution < 1.29 is 9.21 Å². The number of para-hydroxylation sites is 1. The molecule has 1 unspecified atom stereocenters. The molecule has 1 atom stereocenters. The van der Waals surface area contributed by atoms with Gasteiger partial charge in [0.15, 0.2) is 0 Å². The summed E-state index contributed by atoms with van der Waals surface area (Å²) in [6.07, 6.45) is 4.94. The first-order valence-corrected chi connectivity index (χ1v) is 9.72. The van der Waals surface area contributed by atoms with E-state index in [9.17, 15) is 4.79 Å². The summed E-state index contributed by atoms with van der Waals surface area (Å²) in [6.45, 7) is 5.85. The molecule has 0 bridgehead atoms. The molecule has 0 aliphatic carbocycles. The SMILES string of the molecule is CC(C)Cc1nnc(CC2CCN(C(=O)Cc3c[nH]c4ccccc34)C2)o1. The Kier molecular flexibility index (Phi) is 4.97. The average Bonchev–Trinajstić information content (AvgIpc) is 3.36. The van der Waals surface area contributed by atoms with Gasteiger partial charge in [-0.3, -0.25) is 4.79 Å². The van der Waals surface area contributed by atoms with Gasteiger partial charge in [-0.25, -0.2) is 0 Å². The zero-order valence-corrected chi connectivity index (χ0v) is 15.9. The van der Waals surface area contributed by atoms with Crippen LogP contribution in [0.1, 0.15) is 37.6 Å². The Labute approximate surface area is 159 Å². The molecule has 27 heavy (non-hydrogen) atoms. The summed E-state index contributed by atoms with van der Waals surface area (Å²) in [7, 11) is 0. The van der Waals surface area contributed by atoms with Crippen LogP contribution >= 0.6 is 0 Å². The molecule has 0 radical (unpaired) electrons. The number of nitrogens with one attached hydrogen (secondary N) is 1. The Balaban J connectivity index is 1.33. The van der Waals surface area contributed by atoms with Crippen molar-refractivity contribution in [3.63, 3.8) is 0 Å². The van der Waals surface area contributed by atoms with Crippen LogP contribution in [0.15, 0.2) is 34.9 Å². The van der Waals surface area contributed by atoms with Crippen LogP contribution in [0.3, 0.4) is 0 Å². The van der Waals surface area contributed by atoms with Crippen LogP contribution in [0.25, 0.3) is 10.9 Å². The fourth-order valence-electron chi connectivity index (χ4n) is 3.83. The molecule has 142 valence electrons. The maximum atomic E-state index is 12.7. The second-order valence-corrected chi connectivity index (χ2v) is 7.92. The lowest BCUT2D eigenvalue weighted by molar-refractivity contribution is -0.129. The van der Waals surface area contributed by atoms with Crippen molar-refractivity contribution in [3.8, 4) is 0 Å². The number of nitrogens with zero attached hydrogens (tertiary/aromatic N) is 3. The maximum Gasteiger partial charge on any atom is 0.227 e. The van der Waals surface area contributed by atoms with E-state index in [0.29, 0.717) is 30.0 Å². The zero-order chi connectivity index (χ0) is 18.8. The number of hydrogen-bond acceptors (Lipinski definition) is 4. The molecule has 1 fully saturated rings. The second-order valence-electron chi connectivity index (χ2n) is 7.92. The molecule has 1 amide bonds. The minimum absolute atomic E-state index is 0.188. The van der Waals surface area contributed by atoms with E-state index in [1.165, 1.54) is 0 Å². The van der Waals surface area contributed by atoms with Gasteiger partial charge in [-0.1, -0.05) is 32.0 Å². The molecule has 1 aliphatic rings. The van der Waals surface area contributed by atoms with E-state index in [0.717, 1.165) is 48.8 Å². The minimum Gasteiger partial charge on any atom is -0.425 e. The number of benzene rings is 1.